The summed E-state index contributed by atoms with van der Waals surface area (Å²) in [5, 5.41) is 0. The van der Waals surface area contributed by atoms with E-state index >= 15 is 0 Å². The van der Waals surface area contributed by atoms with E-state index in [1.54, 1.807) is 7.11 Å². The standard InChI is InChI=1S/C18H19NO3/c1-3-22-18(20)17-16(13-9-11-15(21-2)12-10-13)19(17)14-7-5-4-6-8-14/h4-12,16-17H,3H2,1-2H3/t16-,17-,19?/m0/s1. The summed E-state index contributed by atoms with van der Waals surface area (Å²) in [4.78, 5) is 14.3. The van der Waals surface area contributed by atoms with E-state index in [2.05, 4.69) is 4.90 Å². The monoisotopic (exact) mass is 297 g/mol. The molecular formula is C18H19NO3. The van der Waals surface area contributed by atoms with Crippen LogP contribution >= 0.6 is 0 Å². The second-order valence-electron chi connectivity index (χ2n) is 5.16. The van der Waals surface area contributed by atoms with Gasteiger partial charge in [0.1, 0.15) is 5.75 Å². The average molecular weight is 297 g/mol. The maximum atomic E-state index is 12.2. The highest BCUT2D eigenvalue weighted by Gasteiger charge is 2.54. The molecule has 1 aliphatic heterocycles. The predicted molar refractivity (Wildman–Crippen MR) is 85.1 cm³/mol. The summed E-state index contributed by atoms with van der Waals surface area (Å²) in [6.07, 6.45) is 0. The van der Waals surface area contributed by atoms with Crippen molar-refractivity contribution in [1.82, 2.24) is 0 Å². The van der Waals surface area contributed by atoms with Gasteiger partial charge in [-0.3, -0.25) is 0 Å². The third kappa shape index (κ3) is 2.64. The molecule has 2 atom stereocenters. The minimum absolute atomic E-state index is 0.0207. The van der Waals surface area contributed by atoms with E-state index in [0.29, 0.717) is 6.61 Å². The van der Waals surface area contributed by atoms with Crippen LogP contribution in [-0.2, 0) is 9.53 Å². The van der Waals surface area contributed by atoms with E-state index in [1.807, 2.05) is 61.5 Å². The normalized spacial score (nSPS) is 19.6. The number of rotatable bonds is 5. The van der Waals surface area contributed by atoms with Crippen molar-refractivity contribution >= 4 is 11.7 Å². The lowest BCUT2D eigenvalue weighted by atomic mass is 10.1. The molecule has 0 spiro atoms. The third-order valence-corrected chi connectivity index (χ3v) is 3.85. The Morgan fingerprint density at radius 3 is 2.36 bits per heavy atom. The summed E-state index contributed by atoms with van der Waals surface area (Å²) in [5.41, 5.74) is 2.11. The lowest BCUT2D eigenvalue weighted by molar-refractivity contribution is -0.142. The molecule has 1 heterocycles. The third-order valence-electron chi connectivity index (χ3n) is 3.85. The summed E-state index contributed by atoms with van der Waals surface area (Å²) in [5.74, 6) is 0.635. The number of anilines is 1. The number of benzene rings is 2. The van der Waals surface area contributed by atoms with Crippen molar-refractivity contribution in [1.29, 1.82) is 0 Å². The van der Waals surface area contributed by atoms with E-state index in [9.17, 15) is 4.79 Å². The van der Waals surface area contributed by atoms with Gasteiger partial charge in [0, 0.05) is 5.69 Å². The van der Waals surface area contributed by atoms with Crippen LogP contribution < -0.4 is 9.64 Å². The number of para-hydroxylation sites is 1. The van der Waals surface area contributed by atoms with Gasteiger partial charge in [-0.1, -0.05) is 30.3 Å². The molecule has 0 amide bonds. The molecule has 0 N–H and O–H groups in total. The molecule has 0 radical (unpaired) electrons. The minimum Gasteiger partial charge on any atom is -0.497 e. The average Bonchev–Trinajstić information content (AvgIpc) is 3.32. The van der Waals surface area contributed by atoms with Crippen LogP contribution in [0.2, 0.25) is 0 Å². The first-order valence-corrected chi connectivity index (χ1v) is 7.40. The van der Waals surface area contributed by atoms with Gasteiger partial charge in [0.15, 0.2) is 6.04 Å². The summed E-state index contributed by atoms with van der Waals surface area (Å²) >= 11 is 0. The topological polar surface area (TPSA) is 38.5 Å². The molecule has 0 unspecified atom stereocenters. The first-order valence-electron chi connectivity index (χ1n) is 7.40. The molecule has 0 saturated carbocycles. The van der Waals surface area contributed by atoms with Gasteiger partial charge in [-0.2, -0.15) is 0 Å². The maximum Gasteiger partial charge on any atom is 0.331 e. The molecule has 2 aromatic carbocycles. The Morgan fingerprint density at radius 1 is 1.09 bits per heavy atom. The van der Waals surface area contributed by atoms with Gasteiger partial charge in [0.05, 0.1) is 19.8 Å². The Morgan fingerprint density at radius 2 is 1.77 bits per heavy atom. The van der Waals surface area contributed by atoms with Gasteiger partial charge in [0.25, 0.3) is 0 Å². The Kier molecular flexibility index (Phi) is 4.00. The van der Waals surface area contributed by atoms with Crippen LogP contribution in [0.1, 0.15) is 18.5 Å². The van der Waals surface area contributed by atoms with Crippen molar-refractivity contribution in [3.63, 3.8) is 0 Å². The van der Waals surface area contributed by atoms with Gasteiger partial charge in [-0.15, -0.1) is 0 Å². The number of methoxy groups -OCH3 is 1. The van der Waals surface area contributed by atoms with Gasteiger partial charge in [-0.25, -0.2) is 4.79 Å². The molecule has 0 aromatic heterocycles. The number of ether oxygens (including phenoxy) is 2. The molecule has 0 bridgehead atoms. The molecule has 22 heavy (non-hydrogen) atoms. The van der Waals surface area contributed by atoms with Gasteiger partial charge < -0.3 is 14.4 Å². The van der Waals surface area contributed by atoms with Crippen LogP contribution in [0.15, 0.2) is 54.6 Å². The quantitative estimate of drug-likeness (QED) is 0.627. The fourth-order valence-corrected chi connectivity index (χ4v) is 2.77. The zero-order chi connectivity index (χ0) is 15.5. The molecule has 4 nitrogen and oxygen atoms in total. The van der Waals surface area contributed by atoms with Crippen molar-refractivity contribution < 1.29 is 14.3 Å². The Labute approximate surface area is 130 Å². The van der Waals surface area contributed by atoms with Crippen molar-refractivity contribution in [2.45, 2.75) is 19.0 Å². The number of hydrogen-bond donors (Lipinski definition) is 0. The molecule has 1 aliphatic rings. The Balaban J connectivity index is 1.88. The van der Waals surface area contributed by atoms with Crippen molar-refractivity contribution in [2.24, 2.45) is 0 Å². The lowest BCUT2D eigenvalue weighted by Gasteiger charge is -2.06. The van der Waals surface area contributed by atoms with Gasteiger partial charge in [-0.05, 0) is 36.8 Å². The number of esters is 1. The van der Waals surface area contributed by atoms with E-state index in [-0.39, 0.29) is 18.1 Å². The molecule has 1 fully saturated rings. The van der Waals surface area contributed by atoms with Crippen molar-refractivity contribution in [3.8, 4) is 5.75 Å². The Hall–Kier alpha value is -2.49. The number of hydrogen-bond acceptors (Lipinski definition) is 4. The van der Waals surface area contributed by atoms with Crippen molar-refractivity contribution in [3.05, 3.63) is 60.2 Å². The highest BCUT2D eigenvalue weighted by atomic mass is 16.5. The molecule has 3 rings (SSSR count). The first-order chi connectivity index (χ1) is 10.8. The number of carbonyl (C=O) groups excluding carboxylic acids is 1. The highest BCUT2D eigenvalue weighted by Crippen LogP contribution is 2.47. The van der Waals surface area contributed by atoms with E-state index in [4.69, 9.17) is 9.47 Å². The molecule has 1 saturated heterocycles. The summed E-state index contributed by atoms with van der Waals surface area (Å²) in [6, 6.07) is 17.5. The Bertz CT molecular complexity index is 639. The van der Waals surface area contributed by atoms with Crippen LogP contribution in [0.5, 0.6) is 5.75 Å². The summed E-state index contributed by atoms with van der Waals surface area (Å²) < 4.78 is 10.4. The predicted octanol–water partition coefficient (Wildman–Crippen LogP) is 3.19. The smallest absolute Gasteiger partial charge is 0.331 e. The molecule has 2 aromatic rings. The van der Waals surface area contributed by atoms with Crippen LogP contribution in [0, 0.1) is 0 Å². The van der Waals surface area contributed by atoms with Crippen LogP contribution in [0.3, 0.4) is 0 Å². The lowest BCUT2D eigenvalue weighted by Crippen LogP contribution is -2.15. The van der Waals surface area contributed by atoms with E-state index < -0.39 is 0 Å². The van der Waals surface area contributed by atoms with Crippen LogP contribution in [0.25, 0.3) is 0 Å². The molecular weight excluding hydrogens is 278 g/mol. The highest BCUT2D eigenvalue weighted by molar-refractivity contribution is 5.88. The van der Waals surface area contributed by atoms with Crippen LogP contribution in [-0.4, -0.2) is 25.7 Å². The van der Waals surface area contributed by atoms with Gasteiger partial charge >= 0.3 is 5.97 Å². The first kappa shape index (κ1) is 14.4. The zero-order valence-electron chi connectivity index (χ0n) is 12.7. The minimum atomic E-state index is -0.254. The largest absolute Gasteiger partial charge is 0.497 e. The van der Waals surface area contributed by atoms with E-state index in [1.165, 1.54) is 0 Å². The fourth-order valence-electron chi connectivity index (χ4n) is 2.77. The summed E-state index contributed by atoms with van der Waals surface area (Å²) in [7, 11) is 1.64. The molecule has 0 aliphatic carbocycles. The van der Waals surface area contributed by atoms with Gasteiger partial charge in [0.2, 0.25) is 0 Å². The van der Waals surface area contributed by atoms with Crippen LogP contribution in [0.4, 0.5) is 5.69 Å². The van der Waals surface area contributed by atoms with E-state index in [0.717, 1.165) is 17.0 Å². The molecule has 4 heteroatoms. The number of nitrogens with zero attached hydrogens (tertiary/aromatic N) is 1. The fraction of sp³-hybridized carbons (Fsp3) is 0.278. The molecule has 114 valence electrons. The second-order valence-corrected chi connectivity index (χ2v) is 5.16. The number of carbonyl (C=O) groups is 1. The zero-order valence-corrected chi connectivity index (χ0v) is 12.7. The summed E-state index contributed by atoms with van der Waals surface area (Å²) in [6.45, 7) is 2.23. The maximum absolute atomic E-state index is 12.2. The van der Waals surface area contributed by atoms with Crippen molar-refractivity contribution in [2.75, 3.05) is 18.6 Å². The SMILES string of the molecule is CCOC(=O)[C@@H]1[C@H](c2ccc(OC)cc2)N1c1ccccc1. The second kappa shape index (κ2) is 6.10.